The van der Waals surface area contributed by atoms with Gasteiger partial charge in [0.25, 0.3) is 12.9 Å². The zero-order valence-electron chi connectivity index (χ0n) is 21.7. The lowest BCUT2D eigenvalue weighted by atomic mass is 9.97. The summed E-state index contributed by atoms with van der Waals surface area (Å²) >= 11 is 8.00. The number of nitrogens with zero attached hydrogens (tertiary/aromatic N) is 5. The van der Waals surface area contributed by atoms with Gasteiger partial charge >= 0.3 is 0 Å². The lowest BCUT2D eigenvalue weighted by molar-refractivity contribution is -0.133. The van der Waals surface area contributed by atoms with Crippen LogP contribution in [0.25, 0.3) is 0 Å². The van der Waals surface area contributed by atoms with Crippen molar-refractivity contribution in [3.63, 3.8) is 0 Å². The standard InChI is InChI=1S/C27H24ClF4N5O3S/c1-2-10-39-21-5-3-4-16(24(21)28)22-12-17(35-40-22)19-14-41-27(33-19)15-6-8-36(9-7-15)23(38)13-37-20(26(31)32)11-18(34-37)25(29)30/h3-5,11,14-15,22,25-26H,6-9,12-13H2,1H3. The Morgan fingerprint density at radius 2 is 2.02 bits per heavy atom. The fourth-order valence-electron chi connectivity index (χ4n) is 4.73. The van der Waals surface area contributed by atoms with Crippen molar-refractivity contribution in [2.45, 2.75) is 57.6 Å². The molecule has 41 heavy (non-hydrogen) atoms. The van der Waals surface area contributed by atoms with Crippen LogP contribution in [0.1, 0.15) is 78.7 Å². The molecule has 0 N–H and O–H groups in total. The number of rotatable bonds is 8. The van der Waals surface area contributed by atoms with Gasteiger partial charge in [-0.3, -0.25) is 9.48 Å². The Morgan fingerprint density at radius 1 is 1.24 bits per heavy atom. The van der Waals surface area contributed by atoms with E-state index in [9.17, 15) is 22.4 Å². The number of benzene rings is 1. The minimum absolute atomic E-state index is 0.103. The van der Waals surface area contributed by atoms with Crippen LogP contribution in [-0.4, -0.2) is 44.4 Å². The largest absolute Gasteiger partial charge is 0.406 e. The number of halogens is 5. The lowest BCUT2D eigenvalue weighted by Crippen LogP contribution is -2.40. The van der Waals surface area contributed by atoms with Crippen LogP contribution in [0.4, 0.5) is 17.6 Å². The Hall–Kier alpha value is -3.63. The normalized spacial score (nSPS) is 17.4. The van der Waals surface area contributed by atoms with E-state index in [-0.39, 0.29) is 5.92 Å². The predicted molar refractivity (Wildman–Crippen MR) is 143 cm³/mol. The maximum atomic E-state index is 13.3. The van der Waals surface area contributed by atoms with E-state index in [4.69, 9.17) is 26.2 Å². The van der Waals surface area contributed by atoms with Crippen LogP contribution in [0.5, 0.6) is 5.75 Å². The minimum atomic E-state index is -3.02. The third kappa shape index (κ3) is 6.33. The molecule has 14 heteroatoms. The molecule has 4 heterocycles. The second kappa shape index (κ2) is 12.5. The van der Waals surface area contributed by atoms with Gasteiger partial charge in [0.15, 0.2) is 11.9 Å². The van der Waals surface area contributed by atoms with Crippen molar-refractivity contribution in [3.05, 3.63) is 62.3 Å². The van der Waals surface area contributed by atoms with Gasteiger partial charge in [0, 0.05) is 43.3 Å². The van der Waals surface area contributed by atoms with E-state index in [1.165, 1.54) is 16.2 Å². The number of carbonyl (C=O) groups excluding carboxylic acids is 1. The van der Waals surface area contributed by atoms with Gasteiger partial charge in [-0.25, -0.2) is 22.5 Å². The van der Waals surface area contributed by atoms with Crippen LogP contribution in [0.2, 0.25) is 5.02 Å². The summed E-state index contributed by atoms with van der Waals surface area (Å²) < 4.78 is 58.4. The molecule has 0 radical (unpaired) electrons. The van der Waals surface area contributed by atoms with Gasteiger partial charge in [-0.05, 0) is 25.0 Å². The topological polar surface area (TPSA) is 81.8 Å². The Morgan fingerprint density at radius 3 is 2.73 bits per heavy atom. The molecule has 1 aromatic carbocycles. The van der Waals surface area contributed by atoms with Crippen molar-refractivity contribution < 1.29 is 31.9 Å². The molecule has 0 saturated carbocycles. The van der Waals surface area contributed by atoms with Crippen LogP contribution >= 0.6 is 22.9 Å². The molecule has 1 fully saturated rings. The molecule has 216 valence electrons. The molecule has 2 aliphatic heterocycles. The number of likely N-dealkylation sites (tertiary alicyclic amines) is 1. The predicted octanol–water partition coefficient (Wildman–Crippen LogP) is 6.50. The summed E-state index contributed by atoms with van der Waals surface area (Å²) in [6, 6.07) is 6.01. The Bertz CT molecular complexity index is 1510. The lowest BCUT2D eigenvalue weighted by Gasteiger charge is -2.31. The summed E-state index contributed by atoms with van der Waals surface area (Å²) in [5, 5.41) is 11.0. The molecule has 0 aliphatic carbocycles. The summed E-state index contributed by atoms with van der Waals surface area (Å²) in [6.07, 6.45) is -2.17. The number of hydrogen-bond acceptors (Lipinski definition) is 7. The summed E-state index contributed by atoms with van der Waals surface area (Å²) in [6.45, 7) is 1.91. The highest BCUT2D eigenvalue weighted by Gasteiger charge is 2.31. The van der Waals surface area contributed by atoms with Gasteiger partial charge in [-0.2, -0.15) is 5.10 Å². The molecule has 1 unspecified atom stereocenters. The molecule has 2 aromatic heterocycles. The first-order chi connectivity index (χ1) is 19.7. The van der Waals surface area contributed by atoms with Crippen LogP contribution in [0.3, 0.4) is 0 Å². The highest BCUT2D eigenvalue weighted by atomic mass is 35.5. The second-order valence-corrected chi connectivity index (χ2v) is 10.7. The molecule has 1 atom stereocenters. The summed E-state index contributed by atoms with van der Waals surface area (Å²) in [5.74, 6) is 2.75. The number of oxime groups is 1. The molecule has 1 amide bonds. The van der Waals surface area contributed by atoms with Crippen molar-refractivity contribution in [1.82, 2.24) is 19.7 Å². The van der Waals surface area contributed by atoms with E-state index in [2.05, 4.69) is 22.3 Å². The zero-order chi connectivity index (χ0) is 29.1. The van der Waals surface area contributed by atoms with Crippen LogP contribution in [-0.2, 0) is 16.2 Å². The van der Waals surface area contributed by atoms with Gasteiger partial charge in [0.1, 0.15) is 29.8 Å². The molecule has 1 saturated heterocycles. The van der Waals surface area contributed by atoms with Crippen LogP contribution < -0.4 is 4.74 Å². The van der Waals surface area contributed by atoms with E-state index < -0.39 is 42.8 Å². The smallest absolute Gasteiger partial charge is 0.282 e. The van der Waals surface area contributed by atoms with Gasteiger partial charge in [-0.15, -0.1) is 11.3 Å². The number of carbonyl (C=O) groups is 1. The molecular weight excluding hydrogens is 586 g/mol. The van der Waals surface area contributed by atoms with Gasteiger partial charge < -0.3 is 14.5 Å². The molecular formula is C27H24ClF4N5O3S. The van der Waals surface area contributed by atoms with E-state index >= 15 is 0 Å². The highest BCUT2D eigenvalue weighted by molar-refractivity contribution is 7.10. The van der Waals surface area contributed by atoms with E-state index in [0.29, 0.717) is 65.3 Å². The van der Waals surface area contributed by atoms with Crippen molar-refractivity contribution in [1.29, 1.82) is 0 Å². The first-order valence-corrected chi connectivity index (χ1v) is 14.0. The molecule has 0 spiro atoms. The van der Waals surface area contributed by atoms with Crippen molar-refractivity contribution in [3.8, 4) is 17.8 Å². The van der Waals surface area contributed by atoms with E-state index in [1.54, 1.807) is 19.1 Å². The van der Waals surface area contributed by atoms with Crippen LogP contribution in [0.15, 0.2) is 34.8 Å². The first-order valence-electron chi connectivity index (χ1n) is 12.7. The van der Waals surface area contributed by atoms with E-state index in [0.717, 1.165) is 10.6 Å². The molecule has 3 aromatic rings. The summed E-state index contributed by atoms with van der Waals surface area (Å²) in [4.78, 5) is 24.7. The quantitative estimate of drug-likeness (QED) is 0.215. The average molecular weight is 610 g/mol. The number of aromatic nitrogens is 3. The Kier molecular flexibility index (Phi) is 8.79. The SMILES string of the molecule is CC#COc1cccc(C2CC(c3csc(C4CCN(C(=O)Cn5nc(C(F)F)cc5C(F)F)CC4)n3)=NO2)c1Cl. The van der Waals surface area contributed by atoms with Gasteiger partial charge in [0.05, 0.1) is 15.7 Å². The van der Waals surface area contributed by atoms with Crippen LogP contribution in [0, 0.1) is 12.0 Å². The maximum Gasteiger partial charge on any atom is 0.282 e. The number of alkyl halides is 4. The number of hydrogen-bond donors (Lipinski definition) is 0. The average Bonchev–Trinajstić information content (AvgIpc) is 3.72. The molecule has 0 bridgehead atoms. The van der Waals surface area contributed by atoms with Gasteiger partial charge in [0.2, 0.25) is 5.91 Å². The highest BCUT2D eigenvalue weighted by Crippen LogP contribution is 2.39. The zero-order valence-corrected chi connectivity index (χ0v) is 23.3. The Balaban J connectivity index is 1.17. The molecule has 5 rings (SSSR count). The number of thiazole rings is 1. The third-order valence-electron chi connectivity index (χ3n) is 6.85. The minimum Gasteiger partial charge on any atom is -0.406 e. The third-order valence-corrected chi connectivity index (χ3v) is 8.26. The maximum absolute atomic E-state index is 13.3. The number of ether oxygens (including phenoxy) is 1. The monoisotopic (exact) mass is 609 g/mol. The van der Waals surface area contributed by atoms with Crippen molar-refractivity contribution in [2.24, 2.45) is 5.16 Å². The van der Waals surface area contributed by atoms with Crippen molar-refractivity contribution in [2.75, 3.05) is 13.1 Å². The Labute approximate surface area is 241 Å². The van der Waals surface area contributed by atoms with E-state index in [1.807, 2.05) is 11.4 Å². The fourth-order valence-corrected chi connectivity index (χ4v) is 6.02. The second-order valence-electron chi connectivity index (χ2n) is 9.43. The first kappa shape index (κ1) is 28.9. The summed E-state index contributed by atoms with van der Waals surface area (Å²) in [5.41, 5.74) is 0.656. The van der Waals surface area contributed by atoms with Crippen molar-refractivity contribution >= 4 is 34.6 Å². The molecule has 2 aliphatic rings. The van der Waals surface area contributed by atoms with Gasteiger partial charge in [-0.1, -0.05) is 34.8 Å². The number of piperidine rings is 1. The number of amides is 1. The fraction of sp³-hybridized carbons (Fsp3) is 0.407. The molecule has 8 nitrogen and oxygen atoms in total. The summed E-state index contributed by atoms with van der Waals surface area (Å²) in [7, 11) is 0.